The minimum Gasteiger partial charge on any atom is -0.450 e. The van der Waals surface area contributed by atoms with Gasteiger partial charge in [0, 0.05) is 17.9 Å². The van der Waals surface area contributed by atoms with Gasteiger partial charge in [-0.05, 0) is 74.5 Å². The Bertz CT molecular complexity index is 1060. The summed E-state index contributed by atoms with van der Waals surface area (Å²) in [5.74, 6) is -0.186. The summed E-state index contributed by atoms with van der Waals surface area (Å²) >= 11 is 0. The molecule has 0 aromatic heterocycles. The van der Waals surface area contributed by atoms with E-state index in [4.69, 9.17) is 4.74 Å². The quantitative estimate of drug-likeness (QED) is 0.523. The van der Waals surface area contributed by atoms with E-state index in [1.165, 1.54) is 4.90 Å². The van der Waals surface area contributed by atoms with Gasteiger partial charge < -0.3 is 20.7 Å². The number of hydrogen-bond acceptors (Lipinski definition) is 5. The monoisotopic (exact) mass is 476 g/mol. The van der Waals surface area contributed by atoms with Crippen molar-refractivity contribution in [2.45, 2.75) is 44.7 Å². The van der Waals surface area contributed by atoms with E-state index in [9.17, 15) is 14.4 Å². The Kier molecular flexibility index (Phi) is 8.15. The molecular formula is C27H32N4O4. The fraction of sp³-hybridized carbons (Fsp3) is 0.370. The van der Waals surface area contributed by atoms with Crippen LogP contribution in [0.1, 0.15) is 43.7 Å². The van der Waals surface area contributed by atoms with Crippen LogP contribution in [-0.4, -0.2) is 54.6 Å². The van der Waals surface area contributed by atoms with E-state index in [1.807, 2.05) is 60.7 Å². The van der Waals surface area contributed by atoms with Crippen molar-refractivity contribution >= 4 is 41.4 Å². The maximum atomic E-state index is 12.7. The number of benzene rings is 2. The third-order valence-electron chi connectivity index (χ3n) is 6.26. The average molecular weight is 477 g/mol. The van der Waals surface area contributed by atoms with Gasteiger partial charge in [-0.2, -0.15) is 0 Å². The largest absolute Gasteiger partial charge is 0.450 e. The lowest BCUT2D eigenvalue weighted by atomic mass is 10.1. The summed E-state index contributed by atoms with van der Waals surface area (Å²) in [6.07, 6.45) is 6.86. The van der Waals surface area contributed by atoms with Crippen molar-refractivity contribution in [1.82, 2.24) is 10.2 Å². The van der Waals surface area contributed by atoms with Gasteiger partial charge in [0.05, 0.1) is 12.6 Å². The summed E-state index contributed by atoms with van der Waals surface area (Å²) in [4.78, 5) is 38.5. The van der Waals surface area contributed by atoms with Crippen molar-refractivity contribution in [2.24, 2.45) is 0 Å². The number of rotatable bonds is 7. The van der Waals surface area contributed by atoms with Crippen molar-refractivity contribution in [2.75, 3.05) is 30.3 Å². The molecule has 0 unspecified atom stereocenters. The standard InChI is InChI=1S/C27H32N4O4/c1-2-35-27(34)31-18-4-6-24(31)26(33)30-22-15-11-20(12-16-22)8-7-19-9-13-21(14-10-19)29-25(32)23-5-3-17-28-23/h7-16,23-24,28H,2-6,17-18H2,1H3,(H,29,32)(H,30,33)/b8-7+/t23-,24-/m0/s1. The van der Waals surface area contributed by atoms with Gasteiger partial charge >= 0.3 is 6.09 Å². The highest BCUT2D eigenvalue weighted by Gasteiger charge is 2.35. The molecule has 2 aliphatic rings. The summed E-state index contributed by atoms with van der Waals surface area (Å²) in [7, 11) is 0. The Balaban J connectivity index is 1.29. The molecule has 2 fully saturated rings. The Hall–Kier alpha value is -3.65. The molecule has 2 atom stereocenters. The summed E-state index contributed by atoms with van der Waals surface area (Å²) in [5.41, 5.74) is 3.46. The van der Waals surface area contributed by atoms with Crippen LogP contribution in [0.25, 0.3) is 12.2 Å². The molecule has 3 N–H and O–H groups in total. The van der Waals surface area contributed by atoms with E-state index in [0.717, 1.165) is 42.6 Å². The number of carbonyl (C=O) groups excluding carboxylic acids is 3. The summed E-state index contributed by atoms with van der Waals surface area (Å²) in [5, 5.41) is 9.05. The predicted octanol–water partition coefficient (Wildman–Crippen LogP) is 4.11. The first-order chi connectivity index (χ1) is 17.0. The van der Waals surface area contributed by atoms with E-state index >= 15 is 0 Å². The van der Waals surface area contributed by atoms with Crippen LogP contribution in [0.3, 0.4) is 0 Å². The summed E-state index contributed by atoms with van der Waals surface area (Å²) in [6.45, 7) is 3.47. The molecule has 0 saturated carbocycles. The van der Waals surface area contributed by atoms with Gasteiger partial charge in [-0.15, -0.1) is 0 Å². The van der Waals surface area contributed by atoms with Crippen LogP contribution >= 0.6 is 0 Å². The van der Waals surface area contributed by atoms with Crippen LogP contribution in [0.2, 0.25) is 0 Å². The zero-order valence-corrected chi connectivity index (χ0v) is 20.0. The van der Waals surface area contributed by atoms with Crippen molar-refractivity contribution in [1.29, 1.82) is 0 Å². The first-order valence-corrected chi connectivity index (χ1v) is 12.2. The van der Waals surface area contributed by atoms with Gasteiger partial charge in [-0.3, -0.25) is 14.5 Å². The summed E-state index contributed by atoms with van der Waals surface area (Å²) in [6, 6.07) is 14.6. The highest BCUT2D eigenvalue weighted by atomic mass is 16.6. The minimum absolute atomic E-state index is 0.0134. The summed E-state index contributed by atoms with van der Waals surface area (Å²) < 4.78 is 5.06. The molecule has 0 radical (unpaired) electrons. The number of carbonyl (C=O) groups is 3. The first-order valence-electron chi connectivity index (χ1n) is 12.2. The molecule has 2 aromatic rings. The normalized spacial score (nSPS) is 19.6. The molecule has 0 bridgehead atoms. The highest BCUT2D eigenvalue weighted by Crippen LogP contribution is 2.21. The van der Waals surface area contributed by atoms with Crippen LogP contribution in [0.15, 0.2) is 48.5 Å². The molecule has 2 saturated heterocycles. The highest BCUT2D eigenvalue weighted by molar-refractivity contribution is 5.97. The average Bonchev–Trinajstić information content (AvgIpc) is 3.57. The van der Waals surface area contributed by atoms with E-state index in [0.29, 0.717) is 18.7 Å². The van der Waals surface area contributed by atoms with Crippen molar-refractivity contribution < 1.29 is 19.1 Å². The number of likely N-dealkylation sites (tertiary alicyclic amines) is 1. The molecular weight excluding hydrogens is 444 g/mol. The second kappa shape index (κ2) is 11.7. The molecule has 8 heteroatoms. The second-order valence-corrected chi connectivity index (χ2v) is 8.76. The topological polar surface area (TPSA) is 99.8 Å². The maximum absolute atomic E-state index is 12.7. The number of ether oxygens (including phenoxy) is 1. The number of hydrogen-bond donors (Lipinski definition) is 3. The fourth-order valence-electron chi connectivity index (χ4n) is 4.38. The zero-order valence-electron chi connectivity index (χ0n) is 20.0. The molecule has 2 aliphatic heterocycles. The molecule has 4 rings (SSSR count). The van der Waals surface area contributed by atoms with Crippen LogP contribution in [0, 0.1) is 0 Å². The van der Waals surface area contributed by atoms with E-state index < -0.39 is 12.1 Å². The molecule has 2 heterocycles. The first kappa shape index (κ1) is 24.5. The van der Waals surface area contributed by atoms with Crippen LogP contribution in [0.4, 0.5) is 16.2 Å². The number of nitrogens with one attached hydrogen (secondary N) is 3. The third kappa shape index (κ3) is 6.48. The number of nitrogens with zero attached hydrogens (tertiary/aromatic N) is 1. The Morgan fingerprint density at radius 3 is 2.06 bits per heavy atom. The minimum atomic E-state index is -0.504. The van der Waals surface area contributed by atoms with Gasteiger partial charge in [0.1, 0.15) is 6.04 Å². The molecule has 35 heavy (non-hydrogen) atoms. The lowest BCUT2D eigenvalue weighted by Gasteiger charge is -2.23. The molecule has 0 aliphatic carbocycles. The lowest BCUT2D eigenvalue weighted by Crippen LogP contribution is -2.43. The predicted molar refractivity (Wildman–Crippen MR) is 137 cm³/mol. The SMILES string of the molecule is CCOC(=O)N1CCC[C@H]1C(=O)Nc1ccc(/C=C/c2ccc(NC(=O)[C@@H]3CCCN3)cc2)cc1. The van der Waals surface area contributed by atoms with E-state index in [2.05, 4.69) is 16.0 Å². The van der Waals surface area contributed by atoms with Crippen LogP contribution in [0.5, 0.6) is 0 Å². The Morgan fingerprint density at radius 1 is 0.914 bits per heavy atom. The molecule has 3 amide bonds. The smallest absolute Gasteiger partial charge is 0.410 e. The van der Waals surface area contributed by atoms with Crippen LogP contribution in [-0.2, 0) is 14.3 Å². The van der Waals surface area contributed by atoms with Gasteiger partial charge in [-0.1, -0.05) is 36.4 Å². The van der Waals surface area contributed by atoms with Gasteiger partial charge in [0.2, 0.25) is 11.8 Å². The van der Waals surface area contributed by atoms with Crippen LogP contribution < -0.4 is 16.0 Å². The molecule has 0 spiro atoms. The third-order valence-corrected chi connectivity index (χ3v) is 6.26. The van der Waals surface area contributed by atoms with E-state index in [1.54, 1.807) is 6.92 Å². The van der Waals surface area contributed by atoms with E-state index in [-0.39, 0.29) is 24.5 Å². The Labute approximate surface area is 205 Å². The van der Waals surface area contributed by atoms with Crippen molar-refractivity contribution in [3.05, 3.63) is 59.7 Å². The van der Waals surface area contributed by atoms with Crippen molar-refractivity contribution in [3.63, 3.8) is 0 Å². The zero-order chi connectivity index (χ0) is 24.6. The van der Waals surface area contributed by atoms with Gasteiger partial charge in [0.15, 0.2) is 0 Å². The van der Waals surface area contributed by atoms with Gasteiger partial charge in [-0.25, -0.2) is 4.79 Å². The maximum Gasteiger partial charge on any atom is 0.410 e. The molecule has 184 valence electrons. The number of anilines is 2. The molecule has 2 aromatic carbocycles. The molecule has 8 nitrogen and oxygen atoms in total. The van der Waals surface area contributed by atoms with Crippen molar-refractivity contribution in [3.8, 4) is 0 Å². The second-order valence-electron chi connectivity index (χ2n) is 8.76. The lowest BCUT2D eigenvalue weighted by molar-refractivity contribution is -0.120. The Morgan fingerprint density at radius 2 is 1.51 bits per heavy atom. The fourth-order valence-corrected chi connectivity index (χ4v) is 4.38. The number of amides is 3. The van der Waals surface area contributed by atoms with Gasteiger partial charge in [0.25, 0.3) is 0 Å².